The van der Waals surface area contributed by atoms with E-state index in [1.54, 1.807) is 6.92 Å². The smallest absolute Gasteiger partial charge is 0.320 e. The Balaban J connectivity index is 0.00000211. The van der Waals surface area contributed by atoms with Gasteiger partial charge in [0.1, 0.15) is 11.7 Å². The Kier molecular flexibility index (Phi) is 8.45. The van der Waals surface area contributed by atoms with Gasteiger partial charge in [-0.05, 0) is 31.2 Å². The lowest BCUT2D eigenvalue weighted by Gasteiger charge is -2.13. The first-order chi connectivity index (χ1) is 10.4. The molecule has 0 saturated carbocycles. The van der Waals surface area contributed by atoms with Crippen molar-refractivity contribution in [3.05, 3.63) is 42.0 Å². The van der Waals surface area contributed by atoms with Crippen LogP contribution in [0.3, 0.4) is 0 Å². The molecule has 0 aliphatic carbocycles. The minimum Gasteiger partial charge on any atom is -0.468 e. The number of rotatable bonds is 5. The highest BCUT2D eigenvalue weighted by Gasteiger charge is 2.29. The van der Waals surface area contributed by atoms with Crippen molar-refractivity contribution in [2.24, 2.45) is 5.92 Å². The van der Waals surface area contributed by atoms with E-state index in [9.17, 15) is 14.4 Å². The number of carbonyl (C=O) groups excluding carboxylic acids is 3. The van der Waals surface area contributed by atoms with E-state index in [-0.39, 0.29) is 0 Å². The van der Waals surface area contributed by atoms with Crippen LogP contribution in [0.25, 0.3) is 0 Å². The number of ketones is 1. The first-order valence-electron chi connectivity index (χ1n) is 6.92. The van der Waals surface area contributed by atoms with Gasteiger partial charge in [-0.25, -0.2) is 0 Å². The monoisotopic (exact) mass is 306 g/mol. The molecule has 0 radical (unpaired) electrons. The van der Waals surface area contributed by atoms with Crippen molar-refractivity contribution in [3.63, 3.8) is 0 Å². The van der Waals surface area contributed by atoms with Gasteiger partial charge < -0.3 is 9.47 Å². The third-order valence-corrected chi connectivity index (χ3v) is 2.59. The lowest BCUT2D eigenvalue weighted by Crippen LogP contribution is -2.26. The van der Waals surface area contributed by atoms with Crippen LogP contribution in [0.1, 0.15) is 38.1 Å². The standard InChI is InChI=1S/C15H16O5.C2H6/c1-9(2)13(15(18)19-4)14(17)11-5-7-12(8-6-11)20-10(3)16;1-2/h5-8,13H,1H2,2-4H3;1-2H3. The fourth-order valence-corrected chi connectivity index (χ4v) is 1.67. The van der Waals surface area contributed by atoms with Gasteiger partial charge in [0, 0.05) is 12.5 Å². The summed E-state index contributed by atoms with van der Waals surface area (Å²) in [5.74, 6) is -2.19. The number of esters is 2. The summed E-state index contributed by atoms with van der Waals surface area (Å²) in [5, 5.41) is 0. The first-order valence-corrected chi connectivity index (χ1v) is 6.92. The summed E-state index contributed by atoms with van der Waals surface area (Å²) in [7, 11) is 1.22. The van der Waals surface area contributed by atoms with Gasteiger partial charge >= 0.3 is 11.9 Å². The quantitative estimate of drug-likeness (QED) is 0.275. The van der Waals surface area contributed by atoms with E-state index >= 15 is 0 Å². The molecular formula is C17H22O5. The van der Waals surface area contributed by atoms with E-state index < -0.39 is 23.6 Å². The zero-order chi connectivity index (χ0) is 17.3. The van der Waals surface area contributed by atoms with Crippen molar-refractivity contribution in [3.8, 4) is 5.75 Å². The summed E-state index contributed by atoms with van der Waals surface area (Å²) in [6.07, 6.45) is 0. The van der Waals surface area contributed by atoms with Crippen LogP contribution >= 0.6 is 0 Å². The minimum absolute atomic E-state index is 0.319. The molecule has 120 valence electrons. The predicted octanol–water partition coefficient (Wildman–Crippen LogP) is 3.19. The Morgan fingerprint density at radius 1 is 1.05 bits per heavy atom. The third kappa shape index (κ3) is 5.52. The number of methoxy groups -OCH3 is 1. The maximum atomic E-state index is 12.3. The normalized spacial score (nSPS) is 10.6. The van der Waals surface area contributed by atoms with Crippen molar-refractivity contribution in [2.75, 3.05) is 7.11 Å². The summed E-state index contributed by atoms with van der Waals surface area (Å²) in [4.78, 5) is 34.7. The molecule has 0 amide bonds. The summed E-state index contributed by atoms with van der Waals surface area (Å²) in [5.41, 5.74) is 0.727. The number of carbonyl (C=O) groups is 3. The lowest BCUT2D eigenvalue weighted by atomic mass is 9.92. The largest absolute Gasteiger partial charge is 0.468 e. The van der Waals surface area contributed by atoms with Crippen LogP contribution < -0.4 is 4.74 Å². The van der Waals surface area contributed by atoms with Crippen molar-refractivity contribution in [1.29, 1.82) is 0 Å². The van der Waals surface area contributed by atoms with E-state index in [1.807, 2.05) is 13.8 Å². The molecule has 1 unspecified atom stereocenters. The Labute approximate surface area is 130 Å². The minimum atomic E-state index is -1.03. The number of benzene rings is 1. The van der Waals surface area contributed by atoms with Crippen molar-refractivity contribution >= 4 is 17.7 Å². The van der Waals surface area contributed by atoms with E-state index in [0.29, 0.717) is 16.9 Å². The van der Waals surface area contributed by atoms with E-state index in [2.05, 4.69) is 11.3 Å². The summed E-state index contributed by atoms with van der Waals surface area (Å²) < 4.78 is 9.47. The number of Topliss-reactive ketones (excluding diaryl/α,β-unsaturated/α-hetero) is 1. The van der Waals surface area contributed by atoms with Gasteiger partial charge in [0.2, 0.25) is 0 Å². The second-order valence-electron chi connectivity index (χ2n) is 4.28. The van der Waals surface area contributed by atoms with Crippen LogP contribution in [0.4, 0.5) is 0 Å². The molecule has 1 aromatic carbocycles. The lowest BCUT2D eigenvalue weighted by molar-refractivity contribution is -0.142. The molecule has 0 saturated heterocycles. The summed E-state index contributed by atoms with van der Waals surface area (Å²) in [6, 6.07) is 5.95. The fraction of sp³-hybridized carbons (Fsp3) is 0.353. The van der Waals surface area contributed by atoms with Crippen molar-refractivity contribution < 1.29 is 23.9 Å². The van der Waals surface area contributed by atoms with E-state index in [4.69, 9.17) is 4.74 Å². The highest BCUT2D eigenvalue weighted by molar-refractivity contribution is 6.10. The van der Waals surface area contributed by atoms with Crippen LogP contribution in [-0.2, 0) is 14.3 Å². The summed E-state index contributed by atoms with van der Waals surface area (Å²) in [6.45, 7) is 10.5. The van der Waals surface area contributed by atoms with Crippen molar-refractivity contribution in [1.82, 2.24) is 0 Å². The van der Waals surface area contributed by atoms with Crippen molar-refractivity contribution in [2.45, 2.75) is 27.7 Å². The van der Waals surface area contributed by atoms with Crippen LogP contribution in [0.5, 0.6) is 5.75 Å². The molecule has 5 nitrogen and oxygen atoms in total. The number of hydrogen-bond donors (Lipinski definition) is 0. The topological polar surface area (TPSA) is 69.7 Å². The fourth-order valence-electron chi connectivity index (χ4n) is 1.67. The maximum absolute atomic E-state index is 12.3. The molecule has 0 aliphatic heterocycles. The molecular weight excluding hydrogens is 284 g/mol. The first kappa shape index (κ1) is 19.6. The molecule has 0 heterocycles. The predicted molar refractivity (Wildman–Crippen MR) is 83.7 cm³/mol. The highest BCUT2D eigenvalue weighted by atomic mass is 16.5. The molecule has 1 atom stereocenters. The van der Waals surface area contributed by atoms with Gasteiger partial charge in [-0.15, -0.1) is 0 Å². The second-order valence-corrected chi connectivity index (χ2v) is 4.28. The molecule has 1 aromatic rings. The van der Waals surface area contributed by atoms with Gasteiger partial charge in [-0.1, -0.05) is 26.0 Å². The van der Waals surface area contributed by atoms with Crippen LogP contribution in [0, 0.1) is 5.92 Å². The van der Waals surface area contributed by atoms with Gasteiger partial charge in [0.05, 0.1) is 7.11 Å². The molecule has 0 N–H and O–H groups in total. The summed E-state index contributed by atoms with van der Waals surface area (Å²) >= 11 is 0. The Morgan fingerprint density at radius 3 is 1.91 bits per heavy atom. The highest BCUT2D eigenvalue weighted by Crippen LogP contribution is 2.20. The van der Waals surface area contributed by atoms with Crippen LogP contribution in [0.15, 0.2) is 36.4 Å². The Hall–Kier alpha value is -2.43. The molecule has 0 aromatic heterocycles. The second kappa shape index (κ2) is 9.50. The average molecular weight is 306 g/mol. The van der Waals surface area contributed by atoms with E-state index in [0.717, 1.165) is 0 Å². The average Bonchev–Trinajstić information content (AvgIpc) is 2.48. The zero-order valence-corrected chi connectivity index (χ0v) is 13.6. The maximum Gasteiger partial charge on any atom is 0.320 e. The Bertz CT molecular complexity index is 543. The molecule has 0 fully saturated rings. The zero-order valence-electron chi connectivity index (χ0n) is 13.6. The number of ether oxygens (including phenoxy) is 2. The molecule has 0 aliphatic rings. The molecule has 22 heavy (non-hydrogen) atoms. The third-order valence-electron chi connectivity index (χ3n) is 2.59. The van der Waals surface area contributed by atoms with E-state index in [1.165, 1.54) is 38.3 Å². The van der Waals surface area contributed by atoms with Gasteiger partial charge in [-0.2, -0.15) is 0 Å². The molecule has 0 spiro atoms. The molecule has 1 rings (SSSR count). The molecule has 0 bridgehead atoms. The van der Waals surface area contributed by atoms with Gasteiger partial charge in [0.25, 0.3) is 0 Å². The van der Waals surface area contributed by atoms with Crippen LogP contribution in [0.2, 0.25) is 0 Å². The Morgan fingerprint density at radius 2 is 1.55 bits per heavy atom. The SMILES string of the molecule is C=C(C)C(C(=O)OC)C(=O)c1ccc(OC(C)=O)cc1.CC. The number of hydrogen-bond acceptors (Lipinski definition) is 5. The van der Waals surface area contributed by atoms with Crippen LogP contribution in [-0.4, -0.2) is 24.8 Å². The van der Waals surface area contributed by atoms with Gasteiger partial charge in [-0.3, -0.25) is 14.4 Å². The van der Waals surface area contributed by atoms with Gasteiger partial charge in [0.15, 0.2) is 5.78 Å². The molecule has 5 heteroatoms.